The minimum Gasteiger partial charge on any atom is -0.351 e. The third-order valence-corrected chi connectivity index (χ3v) is 4.47. The van der Waals surface area contributed by atoms with E-state index in [0.717, 1.165) is 30.6 Å². The van der Waals surface area contributed by atoms with E-state index in [4.69, 9.17) is 0 Å². The minimum atomic E-state index is -0.0989. The van der Waals surface area contributed by atoms with Crippen LogP contribution >= 0.6 is 0 Å². The van der Waals surface area contributed by atoms with Crippen LogP contribution in [0.3, 0.4) is 0 Å². The number of carbonyl (C=O) groups is 2. The second-order valence-corrected chi connectivity index (χ2v) is 6.42. The van der Waals surface area contributed by atoms with E-state index in [1.165, 1.54) is 6.92 Å². The first-order chi connectivity index (χ1) is 12.6. The van der Waals surface area contributed by atoms with Crippen molar-refractivity contribution < 1.29 is 9.59 Å². The van der Waals surface area contributed by atoms with Crippen LogP contribution in [0.4, 0.5) is 0 Å². The average Bonchev–Trinajstić information content (AvgIpc) is 3.15. The number of likely N-dealkylation sites (tertiary alicyclic amines) is 1. The molecule has 0 saturated carbocycles. The first-order valence-corrected chi connectivity index (χ1v) is 8.88. The van der Waals surface area contributed by atoms with E-state index in [9.17, 15) is 9.59 Å². The summed E-state index contributed by atoms with van der Waals surface area (Å²) < 4.78 is 0. The van der Waals surface area contributed by atoms with Gasteiger partial charge in [-0.1, -0.05) is 6.07 Å². The Hall–Kier alpha value is -2.83. The van der Waals surface area contributed by atoms with Gasteiger partial charge in [-0.25, -0.2) is 9.97 Å². The summed E-state index contributed by atoms with van der Waals surface area (Å²) in [6.07, 6.45) is 8.16. The average molecular weight is 353 g/mol. The molecule has 0 bridgehead atoms. The van der Waals surface area contributed by atoms with Crippen molar-refractivity contribution in [2.24, 2.45) is 0 Å². The maximum atomic E-state index is 12.7. The van der Waals surface area contributed by atoms with Gasteiger partial charge in [0.15, 0.2) is 5.82 Å². The van der Waals surface area contributed by atoms with Crippen LogP contribution < -0.4 is 5.32 Å². The molecule has 7 nitrogen and oxygen atoms in total. The SMILES string of the molecule is CC(=O)NCc1ccnc([C@H]2CCCN2C(=O)CCc2cccnc2)n1. The molecule has 2 aromatic rings. The Kier molecular flexibility index (Phi) is 5.88. The Balaban J connectivity index is 1.64. The van der Waals surface area contributed by atoms with Crippen molar-refractivity contribution in [1.29, 1.82) is 0 Å². The van der Waals surface area contributed by atoms with Gasteiger partial charge in [-0.3, -0.25) is 14.6 Å². The molecule has 2 amide bonds. The molecule has 1 N–H and O–H groups in total. The molecule has 0 aromatic carbocycles. The normalized spacial score (nSPS) is 16.5. The van der Waals surface area contributed by atoms with Crippen molar-refractivity contribution >= 4 is 11.8 Å². The zero-order valence-corrected chi connectivity index (χ0v) is 14.9. The van der Waals surface area contributed by atoms with Crippen LogP contribution in [0.25, 0.3) is 0 Å². The topological polar surface area (TPSA) is 88.1 Å². The summed E-state index contributed by atoms with van der Waals surface area (Å²) in [6, 6.07) is 5.56. The molecule has 0 radical (unpaired) electrons. The standard InChI is InChI=1S/C19H23N5O2/c1-14(25)22-13-16-8-10-21-19(23-16)17-5-3-11-24(17)18(26)7-6-15-4-2-9-20-12-15/h2,4,8-10,12,17H,3,5-7,11,13H2,1H3,(H,22,25)/t17-/m1/s1. The third kappa shape index (κ3) is 4.62. The second kappa shape index (κ2) is 8.51. The van der Waals surface area contributed by atoms with Crippen molar-refractivity contribution in [2.45, 2.75) is 45.2 Å². The smallest absolute Gasteiger partial charge is 0.223 e. The summed E-state index contributed by atoms with van der Waals surface area (Å²) in [6.45, 7) is 2.57. The van der Waals surface area contributed by atoms with Gasteiger partial charge in [0.1, 0.15) is 0 Å². The van der Waals surface area contributed by atoms with E-state index in [0.29, 0.717) is 25.2 Å². The Labute approximate surface area is 152 Å². The van der Waals surface area contributed by atoms with Crippen molar-refractivity contribution in [3.63, 3.8) is 0 Å². The van der Waals surface area contributed by atoms with Crippen LogP contribution in [-0.4, -0.2) is 38.2 Å². The lowest BCUT2D eigenvalue weighted by molar-refractivity contribution is -0.132. The fourth-order valence-electron chi connectivity index (χ4n) is 3.16. The summed E-state index contributed by atoms with van der Waals surface area (Å²) in [7, 11) is 0. The van der Waals surface area contributed by atoms with Gasteiger partial charge >= 0.3 is 0 Å². The van der Waals surface area contributed by atoms with Crippen molar-refractivity contribution in [3.05, 3.63) is 53.9 Å². The summed E-state index contributed by atoms with van der Waals surface area (Å²) in [4.78, 5) is 38.7. The maximum absolute atomic E-state index is 12.7. The maximum Gasteiger partial charge on any atom is 0.223 e. The van der Waals surface area contributed by atoms with Crippen LogP contribution in [0.1, 0.15) is 49.3 Å². The second-order valence-electron chi connectivity index (χ2n) is 6.42. The van der Waals surface area contributed by atoms with Crippen molar-refractivity contribution in [3.8, 4) is 0 Å². The number of amides is 2. The molecule has 0 spiro atoms. The number of aromatic nitrogens is 3. The Bertz CT molecular complexity index is 766. The van der Waals surface area contributed by atoms with Gasteiger partial charge < -0.3 is 10.2 Å². The van der Waals surface area contributed by atoms with E-state index in [-0.39, 0.29) is 17.9 Å². The molecule has 3 heterocycles. The molecule has 0 unspecified atom stereocenters. The van der Waals surface area contributed by atoms with Gasteiger partial charge in [0.05, 0.1) is 18.3 Å². The molecule has 1 atom stereocenters. The highest BCUT2D eigenvalue weighted by Crippen LogP contribution is 2.30. The van der Waals surface area contributed by atoms with Crippen LogP contribution in [0.5, 0.6) is 0 Å². The summed E-state index contributed by atoms with van der Waals surface area (Å²) >= 11 is 0. The number of carbonyl (C=O) groups excluding carboxylic acids is 2. The van der Waals surface area contributed by atoms with Crippen molar-refractivity contribution in [1.82, 2.24) is 25.2 Å². The molecule has 2 aromatic heterocycles. The van der Waals surface area contributed by atoms with Crippen LogP contribution in [0.15, 0.2) is 36.8 Å². The molecular formula is C19H23N5O2. The van der Waals surface area contributed by atoms with Crippen LogP contribution in [0, 0.1) is 0 Å². The van der Waals surface area contributed by atoms with Gasteiger partial charge in [-0.15, -0.1) is 0 Å². The molecule has 1 aliphatic heterocycles. The van der Waals surface area contributed by atoms with Gasteiger partial charge in [-0.2, -0.15) is 0 Å². The fourth-order valence-corrected chi connectivity index (χ4v) is 3.16. The predicted octanol–water partition coefficient (Wildman–Crippen LogP) is 1.80. The summed E-state index contributed by atoms with van der Waals surface area (Å²) in [5.41, 5.74) is 1.81. The zero-order chi connectivity index (χ0) is 18.4. The zero-order valence-electron chi connectivity index (χ0n) is 14.9. The molecule has 3 rings (SSSR count). The predicted molar refractivity (Wildman–Crippen MR) is 95.8 cm³/mol. The number of hydrogen-bond acceptors (Lipinski definition) is 5. The Morgan fingerprint density at radius 1 is 1.31 bits per heavy atom. The number of nitrogens with zero attached hydrogens (tertiary/aromatic N) is 4. The number of pyridine rings is 1. The minimum absolute atomic E-state index is 0.0892. The number of aryl methyl sites for hydroxylation is 1. The monoisotopic (exact) mass is 353 g/mol. The molecule has 1 aliphatic rings. The van der Waals surface area contributed by atoms with Crippen LogP contribution in [0.2, 0.25) is 0 Å². The van der Waals surface area contributed by atoms with Crippen molar-refractivity contribution in [2.75, 3.05) is 6.54 Å². The molecule has 0 aliphatic carbocycles. The number of nitrogens with one attached hydrogen (secondary N) is 1. The summed E-state index contributed by atoms with van der Waals surface area (Å²) in [5.74, 6) is 0.672. The quantitative estimate of drug-likeness (QED) is 0.855. The van der Waals surface area contributed by atoms with Gasteiger partial charge in [0.2, 0.25) is 11.8 Å². The highest BCUT2D eigenvalue weighted by atomic mass is 16.2. The highest BCUT2D eigenvalue weighted by Gasteiger charge is 2.31. The summed E-state index contributed by atoms with van der Waals surface area (Å²) in [5, 5.41) is 2.74. The van der Waals surface area contributed by atoms with Gasteiger partial charge in [0, 0.05) is 38.5 Å². The fraction of sp³-hybridized carbons (Fsp3) is 0.421. The van der Waals surface area contributed by atoms with Gasteiger partial charge in [-0.05, 0) is 37.0 Å². The molecule has 1 fully saturated rings. The van der Waals surface area contributed by atoms with E-state index in [2.05, 4.69) is 20.3 Å². The lowest BCUT2D eigenvalue weighted by Gasteiger charge is -2.24. The van der Waals surface area contributed by atoms with E-state index in [1.54, 1.807) is 24.7 Å². The largest absolute Gasteiger partial charge is 0.351 e. The molecule has 1 saturated heterocycles. The number of rotatable bonds is 6. The molecule has 136 valence electrons. The molecular weight excluding hydrogens is 330 g/mol. The number of hydrogen-bond donors (Lipinski definition) is 1. The van der Waals surface area contributed by atoms with E-state index >= 15 is 0 Å². The van der Waals surface area contributed by atoms with E-state index in [1.807, 2.05) is 17.0 Å². The van der Waals surface area contributed by atoms with Crippen LogP contribution in [-0.2, 0) is 22.6 Å². The highest BCUT2D eigenvalue weighted by molar-refractivity contribution is 5.77. The van der Waals surface area contributed by atoms with Gasteiger partial charge in [0.25, 0.3) is 0 Å². The first kappa shape index (κ1) is 18.0. The molecule has 26 heavy (non-hydrogen) atoms. The third-order valence-electron chi connectivity index (χ3n) is 4.47. The lowest BCUT2D eigenvalue weighted by Crippen LogP contribution is -2.32. The molecule has 7 heteroatoms. The Morgan fingerprint density at radius 2 is 2.19 bits per heavy atom. The first-order valence-electron chi connectivity index (χ1n) is 8.88. The Morgan fingerprint density at radius 3 is 2.96 bits per heavy atom. The van der Waals surface area contributed by atoms with E-state index < -0.39 is 0 Å². The lowest BCUT2D eigenvalue weighted by atomic mass is 10.1.